The lowest BCUT2D eigenvalue weighted by atomic mass is 10.0. The summed E-state index contributed by atoms with van der Waals surface area (Å²) in [4.78, 5) is 9.43. The highest BCUT2D eigenvalue weighted by Crippen LogP contribution is 2.39. The van der Waals surface area contributed by atoms with Crippen molar-refractivity contribution in [1.82, 2.24) is 24.7 Å². The molecule has 1 aromatic carbocycles. The Morgan fingerprint density at radius 1 is 1.06 bits per heavy atom. The first-order valence-corrected chi connectivity index (χ1v) is 11.8. The predicted octanol–water partition coefficient (Wildman–Crippen LogP) is 3.19. The van der Waals surface area contributed by atoms with Gasteiger partial charge in [-0.15, -0.1) is 0 Å². The van der Waals surface area contributed by atoms with Crippen molar-refractivity contribution in [1.29, 1.82) is 0 Å². The monoisotopic (exact) mass is 463 g/mol. The summed E-state index contributed by atoms with van der Waals surface area (Å²) in [5, 5.41) is 4.33. The van der Waals surface area contributed by atoms with Gasteiger partial charge in [0.05, 0.1) is 38.1 Å². The van der Waals surface area contributed by atoms with Crippen LogP contribution in [0.3, 0.4) is 0 Å². The molecule has 2 aromatic heterocycles. The number of nitrogens with zero attached hydrogens (tertiary/aromatic N) is 4. The molecule has 3 aromatic rings. The third-order valence-electron chi connectivity index (χ3n) is 6.39. The quantitative estimate of drug-likeness (QED) is 0.540. The Morgan fingerprint density at radius 3 is 2.61 bits per heavy atom. The SMILES string of the molecule is COc1ccc(-n2cccc2[C@H]2[C@@H](c3ccccn3)NC(=S)N2CCN2CCOCC2)cc1. The minimum Gasteiger partial charge on any atom is -0.497 e. The summed E-state index contributed by atoms with van der Waals surface area (Å²) < 4.78 is 13.1. The zero-order chi connectivity index (χ0) is 22.6. The van der Waals surface area contributed by atoms with Gasteiger partial charge in [-0.2, -0.15) is 0 Å². The number of aromatic nitrogens is 2. The lowest BCUT2D eigenvalue weighted by Gasteiger charge is -2.32. The van der Waals surface area contributed by atoms with Crippen LogP contribution in [0.4, 0.5) is 0 Å². The van der Waals surface area contributed by atoms with Crippen LogP contribution in [0.5, 0.6) is 5.75 Å². The van der Waals surface area contributed by atoms with Gasteiger partial charge in [0.15, 0.2) is 5.11 Å². The second kappa shape index (κ2) is 9.91. The minimum absolute atomic E-state index is 0.0190. The zero-order valence-corrected chi connectivity index (χ0v) is 19.6. The van der Waals surface area contributed by atoms with Crippen LogP contribution in [0.15, 0.2) is 67.0 Å². The summed E-state index contributed by atoms with van der Waals surface area (Å²) in [5.41, 5.74) is 3.24. The van der Waals surface area contributed by atoms with E-state index in [0.717, 1.165) is 61.6 Å². The van der Waals surface area contributed by atoms with Gasteiger partial charge in [0, 0.05) is 50.0 Å². The van der Waals surface area contributed by atoms with Crippen molar-refractivity contribution in [3.63, 3.8) is 0 Å². The Balaban J connectivity index is 1.48. The van der Waals surface area contributed by atoms with Gasteiger partial charge in [-0.05, 0) is 60.7 Å². The molecule has 0 spiro atoms. The second-order valence-electron chi connectivity index (χ2n) is 8.28. The minimum atomic E-state index is -0.0321. The van der Waals surface area contributed by atoms with Crippen LogP contribution >= 0.6 is 12.2 Å². The van der Waals surface area contributed by atoms with E-state index in [9.17, 15) is 0 Å². The summed E-state index contributed by atoms with van der Waals surface area (Å²) in [6.45, 7) is 5.30. The van der Waals surface area contributed by atoms with E-state index < -0.39 is 0 Å². The van der Waals surface area contributed by atoms with Crippen molar-refractivity contribution < 1.29 is 9.47 Å². The van der Waals surface area contributed by atoms with E-state index in [4.69, 9.17) is 21.7 Å². The molecule has 2 fully saturated rings. The van der Waals surface area contributed by atoms with Gasteiger partial charge >= 0.3 is 0 Å². The van der Waals surface area contributed by atoms with Crippen LogP contribution in [0.1, 0.15) is 23.5 Å². The maximum Gasteiger partial charge on any atom is 0.170 e. The van der Waals surface area contributed by atoms with E-state index in [0.29, 0.717) is 0 Å². The normalized spacial score (nSPS) is 21.2. The van der Waals surface area contributed by atoms with Crippen LogP contribution in [-0.2, 0) is 4.74 Å². The molecule has 0 saturated carbocycles. The van der Waals surface area contributed by atoms with Crippen LogP contribution in [0.2, 0.25) is 0 Å². The largest absolute Gasteiger partial charge is 0.497 e. The number of hydrogen-bond donors (Lipinski definition) is 1. The molecule has 172 valence electrons. The fourth-order valence-electron chi connectivity index (χ4n) is 4.65. The predicted molar refractivity (Wildman–Crippen MR) is 132 cm³/mol. The molecule has 4 heterocycles. The Bertz CT molecular complexity index is 1070. The summed E-state index contributed by atoms with van der Waals surface area (Å²) in [6.07, 6.45) is 3.95. The molecule has 5 rings (SSSR count). The van der Waals surface area contributed by atoms with Gasteiger partial charge in [0.2, 0.25) is 0 Å². The van der Waals surface area contributed by atoms with Crippen LogP contribution in [0.25, 0.3) is 5.69 Å². The number of nitrogens with one attached hydrogen (secondary N) is 1. The fourth-order valence-corrected chi connectivity index (χ4v) is 4.99. The van der Waals surface area contributed by atoms with Gasteiger partial charge in [-0.3, -0.25) is 9.88 Å². The highest BCUT2D eigenvalue weighted by molar-refractivity contribution is 7.80. The number of rotatable bonds is 7. The Hall–Kier alpha value is -2.94. The molecule has 8 heteroatoms. The summed E-state index contributed by atoms with van der Waals surface area (Å²) in [6, 6.07) is 18.4. The van der Waals surface area contributed by atoms with Crippen LogP contribution < -0.4 is 10.1 Å². The number of pyridine rings is 1. The van der Waals surface area contributed by atoms with Crippen molar-refractivity contribution in [2.24, 2.45) is 0 Å². The average Bonchev–Trinajstić information content (AvgIpc) is 3.48. The van der Waals surface area contributed by atoms with Crippen molar-refractivity contribution in [3.8, 4) is 11.4 Å². The topological polar surface area (TPSA) is 54.8 Å². The zero-order valence-electron chi connectivity index (χ0n) is 18.8. The van der Waals surface area contributed by atoms with Crippen molar-refractivity contribution in [2.75, 3.05) is 46.5 Å². The first-order chi connectivity index (χ1) is 16.2. The highest BCUT2D eigenvalue weighted by Gasteiger charge is 2.41. The van der Waals surface area contributed by atoms with E-state index >= 15 is 0 Å². The molecule has 2 saturated heterocycles. The second-order valence-corrected chi connectivity index (χ2v) is 8.66. The van der Waals surface area contributed by atoms with Gasteiger partial charge in [0.1, 0.15) is 5.75 Å². The van der Waals surface area contributed by atoms with E-state index in [-0.39, 0.29) is 12.1 Å². The molecule has 0 radical (unpaired) electrons. The number of thiocarbonyl (C=S) groups is 1. The van der Waals surface area contributed by atoms with Crippen molar-refractivity contribution in [2.45, 2.75) is 12.1 Å². The van der Waals surface area contributed by atoms with E-state index in [1.807, 2.05) is 30.5 Å². The lowest BCUT2D eigenvalue weighted by Crippen LogP contribution is -2.42. The lowest BCUT2D eigenvalue weighted by molar-refractivity contribution is 0.0349. The number of methoxy groups -OCH3 is 1. The first kappa shape index (κ1) is 21.9. The number of morpholine rings is 1. The molecule has 2 atom stereocenters. The van der Waals surface area contributed by atoms with Crippen LogP contribution in [0, 0.1) is 0 Å². The molecule has 33 heavy (non-hydrogen) atoms. The maximum absolute atomic E-state index is 5.85. The molecule has 0 unspecified atom stereocenters. The van der Waals surface area contributed by atoms with Gasteiger partial charge in [-0.1, -0.05) is 6.07 Å². The summed E-state index contributed by atoms with van der Waals surface area (Å²) >= 11 is 5.85. The molecule has 2 aliphatic heterocycles. The highest BCUT2D eigenvalue weighted by atomic mass is 32.1. The molecule has 1 N–H and O–H groups in total. The number of hydrogen-bond acceptors (Lipinski definition) is 5. The molecule has 7 nitrogen and oxygen atoms in total. The average molecular weight is 464 g/mol. The fraction of sp³-hybridized carbons (Fsp3) is 0.360. The molecule has 0 aliphatic carbocycles. The van der Waals surface area contributed by atoms with E-state index in [1.165, 1.54) is 5.69 Å². The molecular formula is C25H29N5O2S. The summed E-state index contributed by atoms with van der Waals surface area (Å²) in [5.74, 6) is 0.842. The number of ether oxygens (including phenoxy) is 2. The van der Waals surface area contributed by atoms with Crippen molar-refractivity contribution >= 4 is 17.3 Å². The third kappa shape index (κ3) is 4.59. The van der Waals surface area contributed by atoms with E-state index in [1.54, 1.807) is 7.11 Å². The Labute approximate surface area is 199 Å². The van der Waals surface area contributed by atoms with Gasteiger partial charge in [-0.25, -0.2) is 0 Å². The molecule has 2 aliphatic rings. The smallest absolute Gasteiger partial charge is 0.170 e. The third-order valence-corrected chi connectivity index (χ3v) is 6.74. The van der Waals surface area contributed by atoms with Crippen LogP contribution in [-0.4, -0.2) is 71.0 Å². The molecule has 0 amide bonds. The van der Waals surface area contributed by atoms with Gasteiger partial charge in [0.25, 0.3) is 0 Å². The maximum atomic E-state index is 5.85. The van der Waals surface area contributed by atoms with Crippen molar-refractivity contribution in [3.05, 3.63) is 78.4 Å². The number of benzene rings is 1. The van der Waals surface area contributed by atoms with E-state index in [2.05, 4.69) is 61.2 Å². The standard InChI is InChI=1S/C25H29N5O2S/c1-31-20-9-7-19(8-10-20)29-12-4-6-22(29)24-23(21-5-2-3-11-26-21)27-25(33)30(24)14-13-28-15-17-32-18-16-28/h2-12,23-24H,13-18H2,1H3,(H,27,33)/t23-,24+/m1/s1. The first-order valence-electron chi connectivity index (χ1n) is 11.3. The summed E-state index contributed by atoms with van der Waals surface area (Å²) in [7, 11) is 1.69. The molecular weight excluding hydrogens is 434 g/mol. The van der Waals surface area contributed by atoms with Gasteiger partial charge < -0.3 is 24.3 Å². The molecule has 0 bridgehead atoms. The Morgan fingerprint density at radius 2 is 1.88 bits per heavy atom. The Kier molecular flexibility index (Phi) is 6.57.